The van der Waals surface area contributed by atoms with Crippen molar-refractivity contribution in [1.29, 1.82) is 0 Å². The van der Waals surface area contributed by atoms with Crippen molar-refractivity contribution in [3.63, 3.8) is 0 Å². The molecular weight excluding hydrogens is 442 g/mol. The number of carbonyl (C=O) groups is 3. The lowest BCUT2D eigenvalue weighted by Gasteiger charge is -2.15. The van der Waals surface area contributed by atoms with Gasteiger partial charge in [-0.05, 0) is 36.3 Å². The first-order valence-corrected chi connectivity index (χ1v) is 10.2. The van der Waals surface area contributed by atoms with E-state index in [1.807, 2.05) is 6.07 Å². The van der Waals surface area contributed by atoms with Crippen LogP contribution in [0, 0.1) is 10.1 Å². The normalized spacial score (nSPS) is 11.9. The van der Waals surface area contributed by atoms with Crippen LogP contribution in [0.1, 0.15) is 28.6 Å². The fraction of sp³-hybridized carbons (Fsp3) is 0.125. The quantitative estimate of drug-likeness (QED) is 0.215. The number of nitrogens with one attached hydrogen (secondary N) is 2. The average Bonchev–Trinajstić information content (AvgIpc) is 3.38. The van der Waals surface area contributed by atoms with Gasteiger partial charge in [0.2, 0.25) is 0 Å². The Kier molecular flexibility index (Phi) is 7.90. The van der Waals surface area contributed by atoms with Crippen molar-refractivity contribution >= 4 is 29.5 Å². The lowest BCUT2D eigenvalue weighted by molar-refractivity contribution is -0.384. The predicted octanol–water partition coefficient (Wildman–Crippen LogP) is 3.21. The van der Waals surface area contributed by atoms with E-state index in [4.69, 9.17) is 9.15 Å². The van der Waals surface area contributed by atoms with Crippen molar-refractivity contribution in [2.75, 3.05) is 0 Å². The topological polar surface area (TPSA) is 141 Å². The Morgan fingerprint density at radius 3 is 2.53 bits per heavy atom. The molecule has 0 bridgehead atoms. The second kappa shape index (κ2) is 11.2. The predicted molar refractivity (Wildman–Crippen MR) is 121 cm³/mol. The van der Waals surface area contributed by atoms with Gasteiger partial charge < -0.3 is 19.8 Å². The minimum Gasteiger partial charge on any atom is -0.459 e. The number of benzene rings is 2. The summed E-state index contributed by atoms with van der Waals surface area (Å²) in [6, 6.07) is 16.4. The van der Waals surface area contributed by atoms with E-state index in [9.17, 15) is 24.5 Å². The highest BCUT2D eigenvalue weighted by Crippen LogP contribution is 2.16. The molecule has 0 aliphatic carbocycles. The molecule has 1 unspecified atom stereocenters. The molecule has 0 saturated carbocycles. The Balaban J connectivity index is 1.75. The first-order valence-electron chi connectivity index (χ1n) is 10.2. The number of carbonyl (C=O) groups excluding carboxylic acids is 3. The Hall–Kier alpha value is -4.73. The first kappa shape index (κ1) is 23.9. The van der Waals surface area contributed by atoms with Gasteiger partial charge in [-0.25, -0.2) is 4.79 Å². The number of nitro benzene ring substituents is 1. The zero-order chi connectivity index (χ0) is 24.5. The van der Waals surface area contributed by atoms with Crippen LogP contribution < -0.4 is 10.6 Å². The zero-order valence-electron chi connectivity index (χ0n) is 18.1. The SMILES string of the molecule is CC(NC(=O)/C(=C\c1cccc([N+](=O)[O-])c1)NC(=O)c1ccco1)C(=O)OCc1ccccc1. The standard InChI is InChI=1S/C24H21N3O7/c1-16(24(30)34-15-17-7-3-2-4-8-17)25-22(28)20(26-23(29)21-11-6-12-33-21)14-18-9-5-10-19(13-18)27(31)32/h2-14,16H,15H2,1H3,(H,25,28)(H,26,29)/b20-14+. The smallest absolute Gasteiger partial charge is 0.328 e. The number of ether oxygens (including phenoxy) is 1. The minimum absolute atomic E-state index is 0.0332. The van der Waals surface area contributed by atoms with Gasteiger partial charge in [-0.1, -0.05) is 42.5 Å². The van der Waals surface area contributed by atoms with E-state index < -0.39 is 28.7 Å². The lowest BCUT2D eigenvalue weighted by atomic mass is 10.1. The Bertz CT molecular complexity index is 1200. The molecule has 34 heavy (non-hydrogen) atoms. The van der Waals surface area contributed by atoms with E-state index in [1.54, 1.807) is 24.3 Å². The van der Waals surface area contributed by atoms with Gasteiger partial charge >= 0.3 is 5.97 Å². The van der Waals surface area contributed by atoms with Crippen molar-refractivity contribution in [3.8, 4) is 0 Å². The average molecular weight is 463 g/mol. The number of amides is 2. The molecular formula is C24H21N3O7. The molecule has 10 heteroatoms. The highest BCUT2D eigenvalue weighted by molar-refractivity contribution is 6.05. The van der Waals surface area contributed by atoms with Crippen molar-refractivity contribution in [2.45, 2.75) is 19.6 Å². The Morgan fingerprint density at radius 2 is 1.85 bits per heavy atom. The molecule has 0 aliphatic heterocycles. The number of hydrogen-bond donors (Lipinski definition) is 2. The molecule has 10 nitrogen and oxygen atoms in total. The second-order valence-corrected chi connectivity index (χ2v) is 7.13. The van der Waals surface area contributed by atoms with Gasteiger partial charge in [0, 0.05) is 12.1 Å². The molecule has 3 rings (SSSR count). The second-order valence-electron chi connectivity index (χ2n) is 7.13. The third kappa shape index (κ3) is 6.63. The van der Waals surface area contributed by atoms with Crippen molar-refractivity contribution in [3.05, 3.63) is 106 Å². The van der Waals surface area contributed by atoms with Crippen molar-refractivity contribution in [2.24, 2.45) is 0 Å². The molecule has 0 radical (unpaired) electrons. The van der Waals surface area contributed by atoms with Gasteiger partial charge in [0.1, 0.15) is 18.3 Å². The van der Waals surface area contributed by atoms with Gasteiger partial charge in [0.25, 0.3) is 17.5 Å². The Labute approximate surface area is 194 Å². The number of non-ortho nitro benzene ring substituents is 1. The van der Waals surface area contributed by atoms with E-state index in [0.29, 0.717) is 5.56 Å². The summed E-state index contributed by atoms with van der Waals surface area (Å²) in [6.45, 7) is 1.47. The van der Waals surface area contributed by atoms with Gasteiger partial charge in [0.15, 0.2) is 5.76 Å². The van der Waals surface area contributed by atoms with Gasteiger partial charge in [-0.15, -0.1) is 0 Å². The molecule has 174 valence electrons. The van der Waals surface area contributed by atoms with E-state index in [-0.39, 0.29) is 23.8 Å². The van der Waals surface area contributed by atoms with E-state index in [2.05, 4.69) is 10.6 Å². The fourth-order valence-electron chi connectivity index (χ4n) is 2.83. The lowest BCUT2D eigenvalue weighted by Crippen LogP contribution is -2.43. The summed E-state index contributed by atoms with van der Waals surface area (Å²) in [6.07, 6.45) is 2.55. The van der Waals surface area contributed by atoms with Gasteiger partial charge in [0.05, 0.1) is 11.2 Å². The third-order valence-electron chi connectivity index (χ3n) is 4.55. The molecule has 1 heterocycles. The maximum absolute atomic E-state index is 12.9. The number of furan rings is 1. The number of nitro groups is 1. The van der Waals surface area contributed by atoms with Crippen LogP contribution >= 0.6 is 0 Å². The summed E-state index contributed by atoms with van der Waals surface area (Å²) in [5.74, 6) is -2.23. The van der Waals surface area contributed by atoms with E-state index >= 15 is 0 Å². The van der Waals surface area contributed by atoms with Crippen molar-refractivity contribution < 1.29 is 28.5 Å². The van der Waals surface area contributed by atoms with Crippen LogP contribution in [0.3, 0.4) is 0 Å². The molecule has 0 spiro atoms. The third-order valence-corrected chi connectivity index (χ3v) is 4.55. The monoisotopic (exact) mass is 463 g/mol. The van der Waals surface area contributed by atoms with Crippen LogP contribution in [0.4, 0.5) is 5.69 Å². The number of hydrogen-bond acceptors (Lipinski definition) is 7. The molecule has 2 amide bonds. The van der Waals surface area contributed by atoms with E-state index in [0.717, 1.165) is 5.56 Å². The Morgan fingerprint density at radius 1 is 1.09 bits per heavy atom. The maximum Gasteiger partial charge on any atom is 0.328 e. The van der Waals surface area contributed by atoms with Crippen LogP contribution in [0.25, 0.3) is 6.08 Å². The minimum atomic E-state index is -1.04. The molecule has 2 aromatic carbocycles. The summed E-state index contributed by atoms with van der Waals surface area (Å²) in [7, 11) is 0. The summed E-state index contributed by atoms with van der Waals surface area (Å²) >= 11 is 0. The largest absolute Gasteiger partial charge is 0.459 e. The van der Waals surface area contributed by atoms with Crippen LogP contribution in [0.15, 0.2) is 83.1 Å². The summed E-state index contributed by atoms with van der Waals surface area (Å²) in [5.41, 5.74) is 0.637. The van der Waals surface area contributed by atoms with E-state index in [1.165, 1.54) is 55.7 Å². The van der Waals surface area contributed by atoms with Crippen molar-refractivity contribution in [1.82, 2.24) is 10.6 Å². The molecule has 1 aromatic heterocycles. The summed E-state index contributed by atoms with van der Waals surface area (Å²) < 4.78 is 10.3. The number of nitrogens with zero attached hydrogens (tertiary/aromatic N) is 1. The molecule has 0 aliphatic rings. The zero-order valence-corrected chi connectivity index (χ0v) is 18.1. The number of rotatable bonds is 9. The summed E-state index contributed by atoms with van der Waals surface area (Å²) in [5, 5.41) is 15.9. The highest BCUT2D eigenvalue weighted by atomic mass is 16.6. The molecule has 2 N–H and O–H groups in total. The van der Waals surface area contributed by atoms with Gasteiger partial charge in [-0.2, -0.15) is 0 Å². The first-order chi connectivity index (χ1) is 16.3. The molecule has 0 saturated heterocycles. The van der Waals surface area contributed by atoms with Crippen LogP contribution in [-0.4, -0.2) is 28.7 Å². The fourth-order valence-corrected chi connectivity index (χ4v) is 2.83. The number of esters is 1. The van der Waals surface area contributed by atoms with Gasteiger partial charge in [-0.3, -0.25) is 19.7 Å². The molecule has 3 aromatic rings. The van der Waals surface area contributed by atoms with Crippen LogP contribution in [0.5, 0.6) is 0 Å². The van der Waals surface area contributed by atoms with Crippen LogP contribution in [0.2, 0.25) is 0 Å². The maximum atomic E-state index is 12.9. The molecule has 0 fully saturated rings. The highest BCUT2D eigenvalue weighted by Gasteiger charge is 2.22. The summed E-state index contributed by atoms with van der Waals surface area (Å²) in [4.78, 5) is 48.1. The molecule has 1 atom stereocenters. The van der Waals surface area contributed by atoms with Crippen LogP contribution in [-0.2, 0) is 20.9 Å².